The number of benzene rings is 1. The van der Waals surface area contributed by atoms with Crippen LogP contribution in [0.4, 0.5) is 0 Å². The van der Waals surface area contributed by atoms with Gasteiger partial charge in [-0.3, -0.25) is 19.7 Å². The number of hydrogen-bond donors (Lipinski definition) is 1. The molecule has 0 aromatic heterocycles. The fourth-order valence-electron chi connectivity index (χ4n) is 3.39. The summed E-state index contributed by atoms with van der Waals surface area (Å²) in [6.07, 6.45) is 12.7. The zero-order valence-electron chi connectivity index (χ0n) is 17.3. The number of unbranched alkanes of at least 4 members (excludes halogenated alkanes) is 6. The second-order valence-electron chi connectivity index (χ2n) is 7.53. The summed E-state index contributed by atoms with van der Waals surface area (Å²) in [5.41, 5.74) is 3.60. The first-order valence-corrected chi connectivity index (χ1v) is 10.4. The number of imide groups is 1. The standard InChI is InChI=1S/C24H31NO4/c1-3-4-5-6-7-8-9-10-11-20-13-12-19(14-18(20)2)17-29-23(27)16-21-15-22(26)25-24(21)28/h3,12-15H,1,4-11,16-17H2,2H3,(H,25,26,28). The normalized spacial score (nSPS) is 13.2. The van der Waals surface area contributed by atoms with Crippen LogP contribution in [0.25, 0.3) is 0 Å². The van der Waals surface area contributed by atoms with Gasteiger partial charge in [-0.05, 0) is 49.3 Å². The number of esters is 1. The lowest BCUT2D eigenvalue weighted by atomic mass is 9.99. The maximum absolute atomic E-state index is 11.9. The van der Waals surface area contributed by atoms with E-state index in [4.69, 9.17) is 4.74 Å². The lowest BCUT2D eigenvalue weighted by Crippen LogP contribution is -2.23. The fourth-order valence-corrected chi connectivity index (χ4v) is 3.39. The number of aryl methyl sites for hydroxylation is 2. The molecule has 2 amide bonds. The number of carbonyl (C=O) groups excluding carboxylic acids is 3. The SMILES string of the molecule is C=CCCCCCCCCc1ccc(COC(=O)CC2=CC(=O)NC2=O)cc1C. The molecule has 0 saturated carbocycles. The van der Waals surface area contributed by atoms with Crippen molar-refractivity contribution in [3.63, 3.8) is 0 Å². The van der Waals surface area contributed by atoms with Crippen molar-refractivity contribution in [1.29, 1.82) is 0 Å². The summed E-state index contributed by atoms with van der Waals surface area (Å²) < 4.78 is 5.24. The van der Waals surface area contributed by atoms with Gasteiger partial charge in [0, 0.05) is 11.6 Å². The van der Waals surface area contributed by atoms with Gasteiger partial charge in [0.05, 0.1) is 6.42 Å². The number of rotatable bonds is 13. The predicted molar refractivity (Wildman–Crippen MR) is 113 cm³/mol. The number of amides is 2. The molecule has 1 aromatic carbocycles. The minimum atomic E-state index is -0.524. The van der Waals surface area contributed by atoms with Gasteiger partial charge in [0.25, 0.3) is 11.8 Å². The molecule has 156 valence electrons. The van der Waals surface area contributed by atoms with Gasteiger partial charge in [-0.1, -0.05) is 50.0 Å². The third-order valence-electron chi connectivity index (χ3n) is 5.08. The summed E-state index contributed by atoms with van der Waals surface area (Å²) in [7, 11) is 0. The summed E-state index contributed by atoms with van der Waals surface area (Å²) in [6.45, 7) is 5.99. The minimum Gasteiger partial charge on any atom is -0.461 e. The van der Waals surface area contributed by atoms with Crippen molar-refractivity contribution in [3.8, 4) is 0 Å². The summed E-state index contributed by atoms with van der Waals surface area (Å²) >= 11 is 0. The third kappa shape index (κ3) is 8.06. The van der Waals surface area contributed by atoms with Crippen molar-refractivity contribution < 1.29 is 19.1 Å². The van der Waals surface area contributed by atoms with Crippen LogP contribution >= 0.6 is 0 Å². The van der Waals surface area contributed by atoms with Crippen molar-refractivity contribution in [2.45, 2.75) is 71.3 Å². The second kappa shape index (κ2) is 12.0. The Labute approximate surface area is 173 Å². The summed E-state index contributed by atoms with van der Waals surface area (Å²) in [5, 5.41) is 2.11. The molecule has 0 bridgehead atoms. The monoisotopic (exact) mass is 397 g/mol. The zero-order chi connectivity index (χ0) is 21.1. The number of hydrogen-bond acceptors (Lipinski definition) is 4. The molecule has 0 radical (unpaired) electrons. The van der Waals surface area contributed by atoms with E-state index in [0.29, 0.717) is 0 Å². The molecule has 0 fully saturated rings. The Balaban J connectivity index is 1.68. The molecule has 5 nitrogen and oxygen atoms in total. The maximum atomic E-state index is 11.9. The van der Waals surface area contributed by atoms with E-state index in [0.717, 1.165) is 24.5 Å². The highest BCUT2D eigenvalue weighted by Gasteiger charge is 2.23. The largest absolute Gasteiger partial charge is 0.461 e. The van der Waals surface area contributed by atoms with Crippen LogP contribution in [0.5, 0.6) is 0 Å². The van der Waals surface area contributed by atoms with E-state index < -0.39 is 17.8 Å². The lowest BCUT2D eigenvalue weighted by molar-refractivity contribution is -0.144. The third-order valence-corrected chi connectivity index (χ3v) is 5.08. The molecule has 0 saturated heterocycles. The molecule has 2 rings (SSSR count). The topological polar surface area (TPSA) is 72.5 Å². The van der Waals surface area contributed by atoms with E-state index >= 15 is 0 Å². The average molecular weight is 398 g/mol. The van der Waals surface area contributed by atoms with Crippen molar-refractivity contribution in [3.05, 3.63) is 59.2 Å². The second-order valence-corrected chi connectivity index (χ2v) is 7.53. The first-order chi connectivity index (χ1) is 14.0. The van der Waals surface area contributed by atoms with E-state index in [2.05, 4.69) is 24.9 Å². The predicted octanol–water partition coefficient (Wildman–Crippen LogP) is 4.47. The fraction of sp³-hybridized carbons (Fsp3) is 0.458. The van der Waals surface area contributed by atoms with Gasteiger partial charge in [-0.15, -0.1) is 6.58 Å². The Morgan fingerprint density at radius 1 is 1.10 bits per heavy atom. The number of carbonyl (C=O) groups is 3. The highest BCUT2D eigenvalue weighted by molar-refractivity contribution is 6.17. The molecule has 1 aromatic rings. The summed E-state index contributed by atoms with van der Waals surface area (Å²) in [5.74, 6) is -1.53. The number of ether oxygens (including phenoxy) is 1. The molecule has 0 spiro atoms. The van der Waals surface area contributed by atoms with Crippen LogP contribution in [0.15, 0.2) is 42.5 Å². The molecule has 1 N–H and O–H groups in total. The molecular formula is C24H31NO4. The highest BCUT2D eigenvalue weighted by Crippen LogP contribution is 2.17. The van der Waals surface area contributed by atoms with Crippen LogP contribution < -0.4 is 5.32 Å². The Morgan fingerprint density at radius 3 is 2.48 bits per heavy atom. The van der Waals surface area contributed by atoms with E-state index in [1.165, 1.54) is 49.7 Å². The Kier molecular flexibility index (Phi) is 9.35. The van der Waals surface area contributed by atoms with Gasteiger partial charge in [0.1, 0.15) is 6.61 Å². The van der Waals surface area contributed by atoms with Gasteiger partial charge in [0.2, 0.25) is 0 Å². The van der Waals surface area contributed by atoms with Gasteiger partial charge in [0.15, 0.2) is 0 Å². The number of nitrogens with one attached hydrogen (secondary N) is 1. The average Bonchev–Trinajstić information content (AvgIpc) is 3.00. The quantitative estimate of drug-likeness (QED) is 0.231. The molecule has 0 atom stereocenters. The van der Waals surface area contributed by atoms with Crippen LogP contribution in [-0.2, 0) is 32.1 Å². The van der Waals surface area contributed by atoms with E-state index in [-0.39, 0.29) is 18.6 Å². The van der Waals surface area contributed by atoms with Crippen molar-refractivity contribution in [2.75, 3.05) is 0 Å². The van der Waals surface area contributed by atoms with E-state index in [1.807, 2.05) is 18.2 Å². The molecule has 1 heterocycles. The minimum absolute atomic E-state index is 0.146. The smallest absolute Gasteiger partial charge is 0.310 e. The van der Waals surface area contributed by atoms with Crippen LogP contribution in [0.3, 0.4) is 0 Å². The highest BCUT2D eigenvalue weighted by atomic mass is 16.5. The first kappa shape index (κ1) is 22.6. The summed E-state index contributed by atoms with van der Waals surface area (Å²) in [4.78, 5) is 34.4. The van der Waals surface area contributed by atoms with Crippen molar-refractivity contribution in [1.82, 2.24) is 5.32 Å². The van der Waals surface area contributed by atoms with E-state index in [1.54, 1.807) is 0 Å². The van der Waals surface area contributed by atoms with Crippen LogP contribution in [0, 0.1) is 6.92 Å². The van der Waals surface area contributed by atoms with Gasteiger partial charge in [-0.25, -0.2) is 0 Å². The Hall–Kier alpha value is -2.69. The maximum Gasteiger partial charge on any atom is 0.310 e. The molecule has 0 unspecified atom stereocenters. The molecule has 1 aliphatic rings. The van der Waals surface area contributed by atoms with Gasteiger partial charge < -0.3 is 4.74 Å². The number of allylic oxidation sites excluding steroid dienone is 1. The summed E-state index contributed by atoms with van der Waals surface area (Å²) in [6, 6.07) is 6.13. The molecule has 29 heavy (non-hydrogen) atoms. The van der Waals surface area contributed by atoms with Gasteiger partial charge >= 0.3 is 5.97 Å². The van der Waals surface area contributed by atoms with Crippen molar-refractivity contribution in [2.24, 2.45) is 0 Å². The van der Waals surface area contributed by atoms with E-state index in [9.17, 15) is 14.4 Å². The lowest BCUT2D eigenvalue weighted by Gasteiger charge is -2.10. The molecular weight excluding hydrogens is 366 g/mol. The Morgan fingerprint density at radius 2 is 1.83 bits per heavy atom. The molecule has 0 aliphatic carbocycles. The zero-order valence-corrected chi connectivity index (χ0v) is 17.3. The van der Waals surface area contributed by atoms with Crippen LogP contribution in [0.1, 0.15) is 68.1 Å². The van der Waals surface area contributed by atoms with Crippen LogP contribution in [0.2, 0.25) is 0 Å². The first-order valence-electron chi connectivity index (χ1n) is 10.4. The van der Waals surface area contributed by atoms with Crippen molar-refractivity contribution >= 4 is 17.8 Å². The van der Waals surface area contributed by atoms with Gasteiger partial charge in [-0.2, -0.15) is 0 Å². The Bertz CT molecular complexity index is 779. The molecule has 5 heteroatoms. The molecule has 1 aliphatic heterocycles. The van der Waals surface area contributed by atoms with Crippen LogP contribution in [-0.4, -0.2) is 17.8 Å².